The lowest BCUT2D eigenvalue weighted by Crippen LogP contribution is -2.24. The van der Waals surface area contributed by atoms with Gasteiger partial charge in [-0.25, -0.2) is 9.59 Å². The third-order valence-electron chi connectivity index (χ3n) is 4.56. The summed E-state index contributed by atoms with van der Waals surface area (Å²) in [6, 6.07) is 12.8. The summed E-state index contributed by atoms with van der Waals surface area (Å²) < 4.78 is 20.6. The molecule has 0 saturated carbocycles. The van der Waals surface area contributed by atoms with E-state index in [-0.39, 0.29) is 32.2 Å². The molecule has 9 nitrogen and oxygen atoms in total. The molecule has 0 bridgehead atoms. The second kappa shape index (κ2) is 15.1. The van der Waals surface area contributed by atoms with Gasteiger partial charge in [0.2, 0.25) is 0 Å². The number of rotatable bonds is 14. The quantitative estimate of drug-likeness (QED) is 0.229. The SMILES string of the molecule is CC=CC(=O)OCC(O)COc1ccc(C(=O)c2ccc(OCC(O)COC(=O)C=CC)cc2)cc1. The Morgan fingerprint density at radius 1 is 0.667 bits per heavy atom. The molecule has 0 fully saturated rings. The number of ketones is 1. The van der Waals surface area contributed by atoms with Crippen LogP contribution in [0.5, 0.6) is 11.5 Å². The molecule has 0 heterocycles. The van der Waals surface area contributed by atoms with E-state index in [1.165, 1.54) is 24.3 Å². The van der Waals surface area contributed by atoms with Gasteiger partial charge in [0.25, 0.3) is 0 Å². The third kappa shape index (κ3) is 10.1. The molecule has 0 amide bonds. The molecule has 2 rings (SSSR count). The van der Waals surface area contributed by atoms with E-state index < -0.39 is 24.1 Å². The Bertz CT molecular complexity index is 956. The molecule has 2 aromatic carbocycles. The van der Waals surface area contributed by atoms with Gasteiger partial charge in [-0.15, -0.1) is 0 Å². The van der Waals surface area contributed by atoms with E-state index in [2.05, 4.69) is 0 Å². The monoisotopic (exact) mass is 498 g/mol. The van der Waals surface area contributed by atoms with Crippen molar-refractivity contribution in [2.45, 2.75) is 26.1 Å². The molecule has 192 valence electrons. The van der Waals surface area contributed by atoms with E-state index in [4.69, 9.17) is 18.9 Å². The standard InChI is InChI=1S/C27H30O9/c1-3-5-25(30)35-17-21(28)15-33-23-11-7-19(8-12-23)27(32)20-9-13-24(14-10-20)34-16-22(29)18-36-26(31)6-4-2/h3-14,21-22,28-29H,15-18H2,1-2H3. The van der Waals surface area contributed by atoms with Crippen LogP contribution in [0.4, 0.5) is 0 Å². The van der Waals surface area contributed by atoms with Gasteiger partial charge >= 0.3 is 11.9 Å². The van der Waals surface area contributed by atoms with Crippen molar-refractivity contribution in [3.8, 4) is 11.5 Å². The summed E-state index contributed by atoms with van der Waals surface area (Å²) in [5.41, 5.74) is 0.880. The van der Waals surface area contributed by atoms with Crippen molar-refractivity contribution in [1.82, 2.24) is 0 Å². The van der Waals surface area contributed by atoms with Gasteiger partial charge in [0.05, 0.1) is 0 Å². The van der Waals surface area contributed by atoms with Crippen molar-refractivity contribution in [3.63, 3.8) is 0 Å². The minimum atomic E-state index is -0.990. The first-order valence-electron chi connectivity index (χ1n) is 11.3. The summed E-state index contributed by atoms with van der Waals surface area (Å²) in [4.78, 5) is 35.2. The molecule has 0 aliphatic rings. The molecule has 0 radical (unpaired) electrons. The van der Waals surface area contributed by atoms with Gasteiger partial charge in [-0.1, -0.05) is 12.2 Å². The average Bonchev–Trinajstić information content (AvgIpc) is 2.89. The lowest BCUT2D eigenvalue weighted by molar-refractivity contribution is -0.142. The predicted octanol–water partition coefficient (Wildman–Crippen LogP) is 2.64. The minimum Gasteiger partial charge on any atom is -0.491 e. The van der Waals surface area contributed by atoms with Gasteiger partial charge in [0.1, 0.15) is 50.1 Å². The van der Waals surface area contributed by atoms with Crippen molar-refractivity contribution in [2.24, 2.45) is 0 Å². The van der Waals surface area contributed by atoms with Gasteiger partial charge in [0, 0.05) is 23.3 Å². The lowest BCUT2D eigenvalue weighted by Gasteiger charge is -2.13. The number of carbonyl (C=O) groups excluding carboxylic acids is 3. The van der Waals surface area contributed by atoms with Gasteiger partial charge in [-0.05, 0) is 62.4 Å². The Morgan fingerprint density at radius 2 is 1.03 bits per heavy atom. The smallest absolute Gasteiger partial charge is 0.330 e. The summed E-state index contributed by atoms with van der Waals surface area (Å²) in [6.07, 6.45) is 3.60. The summed E-state index contributed by atoms with van der Waals surface area (Å²) in [6.45, 7) is 2.83. The predicted molar refractivity (Wildman–Crippen MR) is 131 cm³/mol. The van der Waals surface area contributed by atoms with E-state index >= 15 is 0 Å². The number of hydrogen-bond acceptors (Lipinski definition) is 9. The number of allylic oxidation sites excluding steroid dienone is 2. The van der Waals surface area contributed by atoms with Crippen LogP contribution in [-0.4, -0.2) is 66.6 Å². The fourth-order valence-corrected chi connectivity index (χ4v) is 2.78. The normalized spacial score (nSPS) is 12.8. The molecular weight excluding hydrogens is 468 g/mol. The third-order valence-corrected chi connectivity index (χ3v) is 4.56. The second-order valence-corrected chi connectivity index (χ2v) is 7.57. The van der Waals surface area contributed by atoms with Crippen LogP contribution in [0.25, 0.3) is 0 Å². The summed E-state index contributed by atoms with van der Waals surface area (Å²) in [5, 5.41) is 19.7. The van der Waals surface area contributed by atoms with Crippen LogP contribution in [0.15, 0.2) is 72.8 Å². The largest absolute Gasteiger partial charge is 0.491 e. The molecule has 9 heteroatoms. The highest BCUT2D eigenvalue weighted by molar-refractivity contribution is 6.09. The average molecular weight is 499 g/mol. The van der Waals surface area contributed by atoms with Gasteiger partial charge in [0.15, 0.2) is 5.78 Å². The molecular formula is C27H30O9. The van der Waals surface area contributed by atoms with E-state index in [1.807, 2.05) is 0 Å². The van der Waals surface area contributed by atoms with Gasteiger partial charge in [-0.3, -0.25) is 4.79 Å². The Balaban J connectivity index is 1.80. The van der Waals surface area contributed by atoms with E-state index in [0.29, 0.717) is 22.6 Å². The van der Waals surface area contributed by atoms with Crippen LogP contribution >= 0.6 is 0 Å². The molecule has 2 atom stereocenters. The number of carbonyl (C=O) groups is 3. The van der Waals surface area contributed by atoms with Crippen molar-refractivity contribution in [1.29, 1.82) is 0 Å². The summed E-state index contributed by atoms with van der Waals surface area (Å²) in [7, 11) is 0. The first-order valence-corrected chi connectivity index (χ1v) is 11.3. The number of aliphatic hydroxyl groups is 2. The summed E-state index contributed by atoms with van der Waals surface area (Å²) in [5.74, 6) is -0.396. The number of benzene rings is 2. The maximum atomic E-state index is 12.7. The van der Waals surface area contributed by atoms with Gasteiger partial charge < -0.3 is 29.2 Å². The van der Waals surface area contributed by atoms with Crippen LogP contribution in [0.2, 0.25) is 0 Å². The zero-order valence-corrected chi connectivity index (χ0v) is 20.2. The molecule has 0 saturated heterocycles. The molecule has 2 N–H and O–H groups in total. The van der Waals surface area contributed by atoms with Crippen molar-refractivity contribution >= 4 is 17.7 Å². The van der Waals surface area contributed by atoms with Crippen molar-refractivity contribution < 1.29 is 43.5 Å². The number of aliphatic hydroxyl groups excluding tert-OH is 2. The van der Waals surface area contributed by atoms with Crippen LogP contribution < -0.4 is 9.47 Å². The van der Waals surface area contributed by atoms with Crippen LogP contribution in [0.3, 0.4) is 0 Å². The first kappa shape index (κ1) is 28.3. The minimum absolute atomic E-state index is 0.0786. The Kier molecular flexibility index (Phi) is 11.9. The van der Waals surface area contributed by atoms with Crippen molar-refractivity contribution in [2.75, 3.05) is 26.4 Å². The maximum Gasteiger partial charge on any atom is 0.330 e. The maximum absolute atomic E-state index is 12.7. The molecule has 2 unspecified atom stereocenters. The zero-order chi connectivity index (χ0) is 26.3. The molecule has 36 heavy (non-hydrogen) atoms. The Morgan fingerprint density at radius 3 is 1.36 bits per heavy atom. The van der Waals surface area contributed by atoms with Crippen LogP contribution in [-0.2, 0) is 19.1 Å². The van der Waals surface area contributed by atoms with E-state index in [0.717, 1.165) is 0 Å². The van der Waals surface area contributed by atoms with Crippen LogP contribution in [0, 0.1) is 0 Å². The fourth-order valence-electron chi connectivity index (χ4n) is 2.78. The molecule has 0 spiro atoms. The number of esters is 2. The highest BCUT2D eigenvalue weighted by Crippen LogP contribution is 2.18. The Hall–Kier alpha value is -3.95. The topological polar surface area (TPSA) is 129 Å². The highest BCUT2D eigenvalue weighted by Gasteiger charge is 2.12. The zero-order valence-electron chi connectivity index (χ0n) is 20.2. The molecule has 0 aliphatic carbocycles. The highest BCUT2D eigenvalue weighted by atomic mass is 16.6. The van der Waals surface area contributed by atoms with E-state index in [1.54, 1.807) is 62.4 Å². The van der Waals surface area contributed by atoms with Crippen molar-refractivity contribution in [3.05, 3.63) is 84.0 Å². The fraction of sp³-hybridized carbons (Fsp3) is 0.296. The first-order chi connectivity index (χ1) is 17.3. The van der Waals surface area contributed by atoms with Crippen LogP contribution in [0.1, 0.15) is 29.8 Å². The van der Waals surface area contributed by atoms with Gasteiger partial charge in [-0.2, -0.15) is 0 Å². The number of ether oxygens (including phenoxy) is 4. The molecule has 2 aromatic rings. The molecule has 0 aliphatic heterocycles. The summed E-state index contributed by atoms with van der Waals surface area (Å²) >= 11 is 0. The van der Waals surface area contributed by atoms with E-state index in [9.17, 15) is 24.6 Å². The lowest BCUT2D eigenvalue weighted by atomic mass is 10.0. The Labute approximate surface area is 209 Å². The number of hydrogen-bond donors (Lipinski definition) is 2. The molecule has 0 aromatic heterocycles. The second-order valence-electron chi connectivity index (χ2n) is 7.57.